The van der Waals surface area contributed by atoms with E-state index in [-0.39, 0.29) is 11.6 Å². The zero-order chi connectivity index (χ0) is 23.9. The molecule has 1 aliphatic rings. The predicted molar refractivity (Wildman–Crippen MR) is 133 cm³/mol. The third kappa shape index (κ3) is 5.20. The molecule has 0 aliphatic carbocycles. The summed E-state index contributed by atoms with van der Waals surface area (Å²) >= 11 is 0. The quantitative estimate of drug-likeness (QED) is 0.171. The molecule has 1 amide bonds. The first-order valence-corrected chi connectivity index (χ1v) is 11.2. The number of non-ortho nitro benzene ring substituents is 1. The van der Waals surface area contributed by atoms with Gasteiger partial charge in [-0.05, 0) is 42.3 Å². The van der Waals surface area contributed by atoms with Crippen molar-refractivity contribution < 1.29 is 14.5 Å². The average Bonchev–Trinajstić information content (AvgIpc) is 3.19. The number of hydrogen-bond acceptors (Lipinski definition) is 5. The molecular weight excluding hydrogens is 430 g/mol. The lowest BCUT2D eigenvalue weighted by atomic mass is 10.0. The van der Waals surface area contributed by atoms with Gasteiger partial charge in [-0.25, -0.2) is 0 Å². The number of unbranched alkanes of at least 4 members (excludes halogenated alkanes) is 2. The van der Waals surface area contributed by atoms with Crippen LogP contribution in [0.25, 0.3) is 6.08 Å². The SMILES string of the molecule is CCCCCOc1ccc(/C=C2/C(=O)N(c3ccc([N+](=O)[O-])cc3)N=C2c2ccccc2)cc1. The molecule has 172 valence electrons. The van der Waals surface area contributed by atoms with Crippen LogP contribution >= 0.6 is 0 Å². The standard InChI is InChI=1S/C27H25N3O4/c1-2-3-7-18-34-24-16-10-20(11-17-24)19-25-26(21-8-5-4-6-9-21)28-29(27(25)31)22-12-14-23(15-13-22)30(32)33/h4-6,8-17,19H,2-3,7,18H2,1H3/b25-19+. The minimum absolute atomic E-state index is 0.0459. The van der Waals surface area contributed by atoms with Gasteiger partial charge in [0.05, 0.1) is 22.8 Å². The minimum atomic E-state index is -0.475. The lowest BCUT2D eigenvalue weighted by Crippen LogP contribution is -2.21. The lowest BCUT2D eigenvalue weighted by molar-refractivity contribution is -0.384. The van der Waals surface area contributed by atoms with Crippen LogP contribution in [0, 0.1) is 10.1 Å². The second-order valence-corrected chi connectivity index (χ2v) is 7.89. The number of amides is 1. The number of anilines is 1. The van der Waals surface area contributed by atoms with Gasteiger partial charge in [0.15, 0.2) is 0 Å². The molecule has 3 aromatic carbocycles. The Morgan fingerprint density at radius 2 is 1.68 bits per heavy atom. The van der Waals surface area contributed by atoms with Crippen molar-refractivity contribution in [1.29, 1.82) is 0 Å². The van der Waals surface area contributed by atoms with E-state index in [0.717, 1.165) is 36.1 Å². The van der Waals surface area contributed by atoms with Crippen molar-refractivity contribution in [2.45, 2.75) is 26.2 Å². The fourth-order valence-corrected chi connectivity index (χ4v) is 3.61. The monoisotopic (exact) mass is 455 g/mol. The Morgan fingerprint density at radius 3 is 2.32 bits per heavy atom. The summed E-state index contributed by atoms with van der Waals surface area (Å²) in [6.07, 6.45) is 5.11. The summed E-state index contributed by atoms with van der Waals surface area (Å²) in [4.78, 5) is 23.9. The fourth-order valence-electron chi connectivity index (χ4n) is 3.61. The normalized spacial score (nSPS) is 14.4. The van der Waals surface area contributed by atoms with E-state index in [1.54, 1.807) is 6.08 Å². The number of nitrogens with zero attached hydrogens (tertiary/aromatic N) is 3. The number of benzene rings is 3. The topological polar surface area (TPSA) is 85.0 Å². The molecule has 1 heterocycles. The highest BCUT2D eigenvalue weighted by atomic mass is 16.6. The molecule has 0 saturated heterocycles. The molecule has 4 rings (SSSR count). The van der Waals surface area contributed by atoms with Gasteiger partial charge in [-0.3, -0.25) is 14.9 Å². The maximum Gasteiger partial charge on any atom is 0.281 e. The molecule has 3 aromatic rings. The zero-order valence-corrected chi connectivity index (χ0v) is 18.9. The second kappa shape index (κ2) is 10.6. The van der Waals surface area contributed by atoms with E-state index < -0.39 is 4.92 Å². The lowest BCUT2D eigenvalue weighted by Gasteiger charge is -2.11. The number of hydrazone groups is 1. The van der Waals surface area contributed by atoms with Gasteiger partial charge >= 0.3 is 0 Å². The van der Waals surface area contributed by atoms with Crippen LogP contribution in [0.5, 0.6) is 5.75 Å². The number of carbonyl (C=O) groups is 1. The fraction of sp³-hybridized carbons (Fsp3) is 0.185. The number of carbonyl (C=O) groups excluding carboxylic acids is 1. The van der Waals surface area contributed by atoms with E-state index in [4.69, 9.17) is 4.74 Å². The Balaban J connectivity index is 1.62. The molecule has 0 aromatic heterocycles. The molecule has 0 fully saturated rings. The van der Waals surface area contributed by atoms with Gasteiger partial charge < -0.3 is 4.74 Å². The molecule has 0 N–H and O–H groups in total. The molecule has 0 atom stereocenters. The summed E-state index contributed by atoms with van der Waals surface area (Å²) in [5.74, 6) is 0.494. The smallest absolute Gasteiger partial charge is 0.281 e. The summed E-state index contributed by atoms with van der Waals surface area (Å²) in [5.41, 5.74) is 3.06. The van der Waals surface area contributed by atoms with E-state index >= 15 is 0 Å². The van der Waals surface area contributed by atoms with Crippen LogP contribution in [0.1, 0.15) is 37.3 Å². The highest BCUT2D eigenvalue weighted by Crippen LogP contribution is 2.29. The highest BCUT2D eigenvalue weighted by molar-refractivity contribution is 6.37. The first-order chi connectivity index (χ1) is 16.6. The number of hydrogen-bond donors (Lipinski definition) is 0. The second-order valence-electron chi connectivity index (χ2n) is 7.89. The summed E-state index contributed by atoms with van der Waals surface area (Å²) < 4.78 is 5.78. The molecule has 34 heavy (non-hydrogen) atoms. The molecular formula is C27H25N3O4. The Kier molecular flexibility index (Phi) is 7.13. The Labute approximate surface area is 198 Å². The molecule has 1 aliphatic heterocycles. The van der Waals surface area contributed by atoms with E-state index in [1.165, 1.54) is 29.3 Å². The number of rotatable bonds is 9. The van der Waals surface area contributed by atoms with E-state index in [1.807, 2.05) is 54.6 Å². The van der Waals surface area contributed by atoms with Crippen LogP contribution < -0.4 is 9.75 Å². The van der Waals surface area contributed by atoms with Crippen molar-refractivity contribution in [3.05, 3.63) is 106 Å². The van der Waals surface area contributed by atoms with Gasteiger partial charge in [0.1, 0.15) is 11.5 Å². The summed E-state index contributed by atoms with van der Waals surface area (Å²) in [6, 6.07) is 22.8. The van der Waals surface area contributed by atoms with Crippen molar-refractivity contribution >= 4 is 29.1 Å². The third-order valence-corrected chi connectivity index (χ3v) is 5.44. The summed E-state index contributed by atoms with van der Waals surface area (Å²) in [6.45, 7) is 2.84. The highest BCUT2D eigenvalue weighted by Gasteiger charge is 2.32. The van der Waals surface area contributed by atoms with Crippen LogP contribution in [0.2, 0.25) is 0 Å². The number of nitro benzene ring substituents is 1. The van der Waals surface area contributed by atoms with E-state index in [2.05, 4.69) is 12.0 Å². The third-order valence-electron chi connectivity index (χ3n) is 5.44. The van der Waals surface area contributed by atoms with E-state index in [9.17, 15) is 14.9 Å². The molecule has 0 radical (unpaired) electrons. The van der Waals surface area contributed by atoms with Crippen molar-refractivity contribution in [1.82, 2.24) is 0 Å². The number of nitro groups is 1. The molecule has 0 saturated carbocycles. The first kappa shape index (κ1) is 22.9. The molecule has 7 heteroatoms. The van der Waals surface area contributed by atoms with Gasteiger partial charge in [0.2, 0.25) is 0 Å². The molecule has 0 bridgehead atoms. The largest absolute Gasteiger partial charge is 0.494 e. The Hall–Kier alpha value is -4.26. The Bertz CT molecular complexity index is 1220. The van der Waals surface area contributed by atoms with E-state index in [0.29, 0.717) is 23.6 Å². The molecule has 0 spiro atoms. The van der Waals surface area contributed by atoms with Gasteiger partial charge in [0, 0.05) is 17.7 Å². The molecule has 7 nitrogen and oxygen atoms in total. The Morgan fingerprint density at radius 1 is 0.971 bits per heavy atom. The van der Waals surface area contributed by atoms with Crippen molar-refractivity contribution in [3.63, 3.8) is 0 Å². The van der Waals surface area contributed by atoms with Crippen molar-refractivity contribution in [2.75, 3.05) is 11.6 Å². The first-order valence-electron chi connectivity index (χ1n) is 11.2. The maximum atomic E-state index is 13.4. The van der Waals surface area contributed by atoms with Gasteiger partial charge in [-0.2, -0.15) is 10.1 Å². The predicted octanol–water partition coefficient (Wildman–Crippen LogP) is 6.00. The summed E-state index contributed by atoms with van der Waals surface area (Å²) in [5, 5.41) is 16.8. The molecule has 0 unspecified atom stereocenters. The van der Waals surface area contributed by atoms with Crippen LogP contribution in [0.15, 0.2) is 89.5 Å². The minimum Gasteiger partial charge on any atom is -0.494 e. The van der Waals surface area contributed by atoms with Crippen molar-refractivity contribution in [2.24, 2.45) is 5.10 Å². The average molecular weight is 456 g/mol. The van der Waals surface area contributed by atoms with Crippen LogP contribution in [0.4, 0.5) is 11.4 Å². The van der Waals surface area contributed by atoms with Gasteiger partial charge in [-0.15, -0.1) is 0 Å². The zero-order valence-electron chi connectivity index (χ0n) is 18.9. The van der Waals surface area contributed by atoms with Crippen molar-refractivity contribution in [3.8, 4) is 5.75 Å². The van der Waals surface area contributed by atoms with Gasteiger partial charge in [-0.1, -0.05) is 62.2 Å². The van der Waals surface area contributed by atoms with Crippen LogP contribution in [0.3, 0.4) is 0 Å². The summed E-state index contributed by atoms with van der Waals surface area (Å²) in [7, 11) is 0. The van der Waals surface area contributed by atoms with Crippen LogP contribution in [-0.4, -0.2) is 23.1 Å². The van der Waals surface area contributed by atoms with Crippen LogP contribution in [-0.2, 0) is 4.79 Å². The maximum absolute atomic E-state index is 13.4. The number of ether oxygens (including phenoxy) is 1. The van der Waals surface area contributed by atoms with Gasteiger partial charge in [0.25, 0.3) is 11.6 Å².